The van der Waals surface area contributed by atoms with E-state index in [1.54, 1.807) is 27.7 Å². The van der Waals surface area contributed by atoms with Gasteiger partial charge in [0, 0.05) is 11.4 Å². The van der Waals surface area contributed by atoms with Gasteiger partial charge in [-0.3, -0.25) is 4.79 Å². The van der Waals surface area contributed by atoms with Crippen LogP contribution >= 0.6 is 0 Å². The Bertz CT molecular complexity index is 1000. The van der Waals surface area contributed by atoms with Gasteiger partial charge >= 0.3 is 0 Å². The standard InChI is InChI=1S/C19H22FN7O/c1-12-9-13(2)27(24-12)18-4-3-14(10-16(18)20)22-19(28)17-11-26(25-23-17)15-5-7-21-8-6-15/h3-4,9-11,15,21H,5-8H2,1-2H3,(H,22,28). The average molecular weight is 383 g/mol. The molecule has 0 atom stereocenters. The van der Waals surface area contributed by atoms with Gasteiger partial charge in [0.1, 0.15) is 5.69 Å². The highest BCUT2D eigenvalue weighted by Gasteiger charge is 2.19. The van der Waals surface area contributed by atoms with Crippen molar-refractivity contribution in [1.29, 1.82) is 0 Å². The maximum atomic E-state index is 14.6. The van der Waals surface area contributed by atoms with E-state index in [1.165, 1.54) is 6.07 Å². The van der Waals surface area contributed by atoms with Gasteiger partial charge in [-0.1, -0.05) is 5.21 Å². The van der Waals surface area contributed by atoms with Gasteiger partial charge < -0.3 is 10.6 Å². The number of halogens is 1. The number of carbonyl (C=O) groups is 1. The summed E-state index contributed by atoms with van der Waals surface area (Å²) in [5.41, 5.74) is 2.54. The first-order valence-electron chi connectivity index (χ1n) is 9.28. The van der Waals surface area contributed by atoms with Gasteiger partial charge in [0.2, 0.25) is 0 Å². The molecule has 0 bridgehead atoms. The number of rotatable bonds is 4. The van der Waals surface area contributed by atoms with Crippen molar-refractivity contribution in [3.05, 3.63) is 53.4 Å². The highest BCUT2D eigenvalue weighted by molar-refractivity contribution is 6.02. The molecule has 146 valence electrons. The predicted octanol–water partition coefficient (Wildman–Crippen LogP) is 2.40. The van der Waals surface area contributed by atoms with Gasteiger partial charge in [0.25, 0.3) is 5.91 Å². The van der Waals surface area contributed by atoms with E-state index in [9.17, 15) is 9.18 Å². The summed E-state index contributed by atoms with van der Waals surface area (Å²) in [6, 6.07) is 6.63. The van der Waals surface area contributed by atoms with Gasteiger partial charge in [-0.25, -0.2) is 13.8 Å². The molecule has 28 heavy (non-hydrogen) atoms. The van der Waals surface area contributed by atoms with Crippen LogP contribution in [0.25, 0.3) is 5.69 Å². The molecule has 2 N–H and O–H groups in total. The molecule has 0 spiro atoms. The molecule has 0 saturated carbocycles. The lowest BCUT2D eigenvalue weighted by molar-refractivity contribution is 0.102. The van der Waals surface area contributed by atoms with Crippen LogP contribution < -0.4 is 10.6 Å². The molecule has 1 saturated heterocycles. The molecule has 0 aliphatic carbocycles. The fourth-order valence-corrected chi connectivity index (χ4v) is 3.45. The molecular weight excluding hydrogens is 361 g/mol. The van der Waals surface area contributed by atoms with Crippen LogP contribution in [0.15, 0.2) is 30.5 Å². The molecule has 1 aliphatic heterocycles. The zero-order valence-electron chi connectivity index (χ0n) is 15.8. The lowest BCUT2D eigenvalue weighted by atomic mass is 10.1. The van der Waals surface area contributed by atoms with Crippen molar-refractivity contribution in [1.82, 2.24) is 30.1 Å². The minimum absolute atomic E-state index is 0.210. The molecule has 2 aromatic heterocycles. The van der Waals surface area contributed by atoms with Crippen LogP contribution in [-0.2, 0) is 0 Å². The maximum Gasteiger partial charge on any atom is 0.277 e. The van der Waals surface area contributed by atoms with Crippen LogP contribution in [0.2, 0.25) is 0 Å². The zero-order valence-corrected chi connectivity index (χ0v) is 15.8. The smallest absolute Gasteiger partial charge is 0.277 e. The summed E-state index contributed by atoms with van der Waals surface area (Å²) in [5, 5.41) is 18.3. The minimum Gasteiger partial charge on any atom is -0.320 e. The summed E-state index contributed by atoms with van der Waals surface area (Å²) in [6.07, 6.45) is 3.54. The summed E-state index contributed by atoms with van der Waals surface area (Å²) in [4.78, 5) is 12.5. The fraction of sp³-hybridized carbons (Fsp3) is 0.368. The molecule has 8 nitrogen and oxygen atoms in total. The van der Waals surface area contributed by atoms with Crippen LogP contribution in [0.4, 0.5) is 10.1 Å². The highest BCUT2D eigenvalue weighted by Crippen LogP contribution is 2.21. The number of nitrogens with one attached hydrogen (secondary N) is 2. The van der Waals surface area contributed by atoms with E-state index in [0.717, 1.165) is 37.3 Å². The number of benzene rings is 1. The van der Waals surface area contributed by atoms with Crippen molar-refractivity contribution in [2.24, 2.45) is 0 Å². The third-order valence-corrected chi connectivity index (χ3v) is 4.87. The Labute approximate surface area is 161 Å². The normalized spacial score (nSPS) is 15.0. The summed E-state index contributed by atoms with van der Waals surface area (Å²) >= 11 is 0. The lowest BCUT2D eigenvalue weighted by Crippen LogP contribution is -2.29. The second-order valence-electron chi connectivity index (χ2n) is 7.02. The fourth-order valence-electron chi connectivity index (χ4n) is 3.45. The van der Waals surface area contributed by atoms with Gasteiger partial charge in [-0.15, -0.1) is 5.10 Å². The van der Waals surface area contributed by atoms with Crippen LogP contribution in [0.1, 0.15) is 40.8 Å². The van der Waals surface area contributed by atoms with Crippen LogP contribution in [-0.4, -0.2) is 43.8 Å². The van der Waals surface area contributed by atoms with Gasteiger partial charge in [-0.05, 0) is 64.0 Å². The molecule has 1 fully saturated rings. The predicted molar refractivity (Wildman–Crippen MR) is 102 cm³/mol. The van der Waals surface area contributed by atoms with Crippen molar-refractivity contribution in [3.8, 4) is 5.69 Å². The summed E-state index contributed by atoms with van der Waals surface area (Å²) < 4.78 is 17.9. The SMILES string of the molecule is Cc1cc(C)n(-c2ccc(NC(=O)c3cn(C4CCNCC4)nn3)cc2F)n1. The molecule has 0 radical (unpaired) electrons. The molecule has 9 heteroatoms. The first-order valence-corrected chi connectivity index (χ1v) is 9.28. The van der Waals surface area contributed by atoms with Gasteiger partial charge in [0.05, 0.1) is 17.9 Å². The quantitative estimate of drug-likeness (QED) is 0.722. The maximum absolute atomic E-state index is 14.6. The van der Waals surface area contributed by atoms with Crippen molar-refractivity contribution in [2.45, 2.75) is 32.7 Å². The first kappa shape index (κ1) is 18.3. The van der Waals surface area contributed by atoms with Gasteiger partial charge in [-0.2, -0.15) is 5.10 Å². The summed E-state index contributed by atoms with van der Waals surface area (Å²) in [7, 11) is 0. The number of nitrogens with zero attached hydrogens (tertiary/aromatic N) is 5. The summed E-state index contributed by atoms with van der Waals surface area (Å²) in [5.74, 6) is -0.888. The van der Waals surface area contributed by atoms with Crippen LogP contribution in [0.3, 0.4) is 0 Å². The Morgan fingerprint density at radius 3 is 2.71 bits per heavy atom. The third-order valence-electron chi connectivity index (χ3n) is 4.87. The molecule has 3 heterocycles. The van der Waals surface area contributed by atoms with Crippen molar-refractivity contribution in [2.75, 3.05) is 18.4 Å². The van der Waals surface area contributed by atoms with E-state index in [4.69, 9.17) is 0 Å². The second-order valence-corrected chi connectivity index (χ2v) is 7.02. The van der Waals surface area contributed by atoms with Crippen LogP contribution in [0.5, 0.6) is 0 Å². The van der Waals surface area contributed by atoms with Crippen molar-refractivity contribution in [3.63, 3.8) is 0 Å². The Kier molecular flexibility index (Phi) is 4.91. The number of piperidine rings is 1. The molecule has 4 rings (SSSR count). The molecule has 1 aromatic carbocycles. The Morgan fingerprint density at radius 1 is 1.25 bits per heavy atom. The molecule has 3 aromatic rings. The zero-order chi connectivity index (χ0) is 19.7. The van der Waals surface area contributed by atoms with E-state index in [-0.39, 0.29) is 11.7 Å². The first-order chi connectivity index (χ1) is 13.5. The van der Waals surface area contributed by atoms with Crippen molar-refractivity contribution >= 4 is 11.6 Å². The number of hydrogen-bond acceptors (Lipinski definition) is 5. The van der Waals surface area contributed by atoms with E-state index < -0.39 is 11.7 Å². The third kappa shape index (κ3) is 3.65. The lowest BCUT2D eigenvalue weighted by Gasteiger charge is -2.22. The Hall–Kier alpha value is -3.07. The Morgan fingerprint density at radius 2 is 2.04 bits per heavy atom. The number of amides is 1. The van der Waals surface area contributed by atoms with E-state index in [2.05, 4.69) is 26.0 Å². The molecule has 1 aliphatic rings. The minimum atomic E-state index is -0.470. The van der Waals surface area contributed by atoms with E-state index in [1.807, 2.05) is 19.9 Å². The average Bonchev–Trinajstić information content (AvgIpc) is 3.29. The van der Waals surface area contributed by atoms with Gasteiger partial charge in [0.15, 0.2) is 11.5 Å². The van der Waals surface area contributed by atoms with E-state index >= 15 is 0 Å². The molecular formula is C19H22FN7O. The molecule has 1 amide bonds. The Balaban J connectivity index is 1.48. The topological polar surface area (TPSA) is 89.7 Å². The summed E-state index contributed by atoms with van der Waals surface area (Å²) in [6.45, 7) is 5.56. The number of aryl methyl sites for hydroxylation is 2. The number of aromatic nitrogens is 5. The number of anilines is 1. The highest BCUT2D eigenvalue weighted by atomic mass is 19.1. The number of hydrogen-bond donors (Lipinski definition) is 2. The van der Waals surface area contributed by atoms with Crippen molar-refractivity contribution < 1.29 is 9.18 Å². The number of carbonyl (C=O) groups excluding carboxylic acids is 1. The second kappa shape index (κ2) is 7.51. The monoisotopic (exact) mass is 383 g/mol. The molecule has 0 unspecified atom stereocenters. The van der Waals surface area contributed by atoms with E-state index in [0.29, 0.717) is 11.4 Å². The largest absolute Gasteiger partial charge is 0.320 e. The van der Waals surface area contributed by atoms with Crippen LogP contribution in [0, 0.1) is 19.7 Å².